The Kier molecular flexibility index (Phi) is 9.75. The molecule has 0 saturated carbocycles. The van der Waals surface area contributed by atoms with Crippen molar-refractivity contribution < 1.29 is 12.3 Å². The first-order valence-electron chi connectivity index (χ1n) is 13.1. The standard InChI is InChI=1S/C30H40N4O2S.2H2/c1-21-14-29(32)27(16-30(21)33-20-35-12-11-26-8-5-13-37-26)28(31)10-9-24-6-4-7-25(15-24)19-34-17-22(2)36-23(3)18-34;;/h4-10,13-15,22-23,27,31,33H,11-12,16-20,32H2,1-3H3;2*1H/b10-9+,31-28?;;. The lowest BCUT2D eigenvalue weighted by Crippen LogP contribution is -2.44. The molecule has 202 valence electrons. The average molecular weight is 525 g/mol. The molecule has 0 bridgehead atoms. The molecule has 2 aromatic rings. The van der Waals surface area contributed by atoms with Gasteiger partial charge in [-0.15, -0.1) is 11.3 Å². The Labute approximate surface area is 228 Å². The van der Waals surface area contributed by atoms with Crippen molar-refractivity contribution in [2.75, 3.05) is 26.4 Å². The molecule has 6 nitrogen and oxygen atoms in total. The second kappa shape index (κ2) is 13.2. The van der Waals surface area contributed by atoms with E-state index in [1.165, 1.54) is 10.4 Å². The molecule has 2 heterocycles. The van der Waals surface area contributed by atoms with Crippen LogP contribution < -0.4 is 11.1 Å². The van der Waals surface area contributed by atoms with Crippen molar-refractivity contribution in [2.45, 2.75) is 52.4 Å². The van der Waals surface area contributed by atoms with Crippen molar-refractivity contribution in [2.24, 2.45) is 11.7 Å². The zero-order chi connectivity index (χ0) is 26.2. The van der Waals surface area contributed by atoms with Gasteiger partial charge in [0.15, 0.2) is 0 Å². The quantitative estimate of drug-likeness (QED) is 0.196. The zero-order valence-electron chi connectivity index (χ0n) is 22.2. The highest BCUT2D eigenvalue weighted by molar-refractivity contribution is 7.09. The van der Waals surface area contributed by atoms with Crippen LogP contribution in [0.15, 0.2) is 70.9 Å². The Morgan fingerprint density at radius 2 is 2.08 bits per heavy atom. The van der Waals surface area contributed by atoms with Crippen molar-refractivity contribution in [3.05, 3.63) is 86.9 Å². The minimum absolute atomic E-state index is 0. The van der Waals surface area contributed by atoms with Crippen LogP contribution in [0.4, 0.5) is 0 Å². The monoisotopic (exact) mass is 524 g/mol. The third kappa shape index (κ3) is 8.14. The molecule has 3 unspecified atom stereocenters. The van der Waals surface area contributed by atoms with Crippen molar-refractivity contribution in [1.82, 2.24) is 10.2 Å². The predicted molar refractivity (Wildman–Crippen MR) is 158 cm³/mol. The van der Waals surface area contributed by atoms with Crippen LogP contribution in [0.1, 0.15) is 46.0 Å². The molecule has 0 amide bonds. The lowest BCUT2D eigenvalue weighted by atomic mass is 9.87. The largest absolute Gasteiger partial charge is 0.401 e. The fourth-order valence-electron chi connectivity index (χ4n) is 5.03. The maximum absolute atomic E-state index is 8.73. The number of hydrogen-bond donors (Lipinski definition) is 3. The first-order valence-corrected chi connectivity index (χ1v) is 14.0. The fraction of sp³-hybridized carbons (Fsp3) is 0.433. The Hall–Kier alpha value is -2.71. The van der Waals surface area contributed by atoms with Crippen molar-refractivity contribution in [3.8, 4) is 0 Å². The number of hydrogen-bond acceptors (Lipinski definition) is 7. The summed E-state index contributed by atoms with van der Waals surface area (Å²) in [7, 11) is 0. The van der Waals surface area contributed by atoms with Crippen molar-refractivity contribution in [1.29, 1.82) is 5.41 Å². The van der Waals surface area contributed by atoms with Crippen LogP contribution in [0.3, 0.4) is 0 Å². The number of ether oxygens (including phenoxy) is 2. The molecule has 0 spiro atoms. The van der Waals surface area contributed by atoms with Gasteiger partial charge >= 0.3 is 0 Å². The van der Waals surface area contributed by atoms with Crippen molar-refractivity contribution >= 4 is 23.1 Å². The van der Waals surface area contributed by atoms with E-state index >= 15 is 0 Å². The second-order valence-corrected chi connectivity index (χ2v) is 11.1. The van der Waals surface area contributed by atoms with Gasteiger partial charge in [-0.1, -0.05) is 36.4 Å². The minimum Gasteiger partial charge on any atom is -0.401 e. The van der Waals surface area contributed by atoms with E-state index in [0.29, 0.717) is 25.5 Å². The lowest BCUT2D eigenvalue weighted by molar-refractivity contribution is -0.0704. The van der Waals surface area contributed by atoms with Gasteiger partial charge in [-0.25, -0.2) is 0 Å². The SMILES string of the molecule is CC1=C(NCOCCc2cccs2)CC(C(=N)/C=C/c2cccc(CN3CC(C)OC(C)C3)c2)C(N)=C1.[HH].[HH]. The van der Waals surface area contributed by atoms with Gasteiger partial charge in [0.2, 0.25) is 0 Å². The molecule has 37 heavy (non-hydrogen) atoms. The summed E-state index contributed by atoms with van der Waals surface area (Å²) >= 11 is 1.76. The van der Waals surface area contributed by atoms with E-state index in [9.17, 15) is 0 Å². The average Bonchev–Trinajstić information content (AvgIpc) is 3.37. The van der Waals surface area contributed by atoms with E-state index in [2.05, 4.69) is 72.8 Å². The van der Waals surface area contributed by atoms with Crippen LogP contribution in [0, 0.1) is 11.3 Å². The summed E-state index contributed by atoms with van der Waals surface area (Å²) < 4.78 is 11.7. The molecule has 1 saturated heterocycles. The van der Waals surface area contributed by atoms with E-state index in [0.717, 1.165) is 48.6 Å². The summed E-state index contributed by atoms with van der Waals surface area (Å²) in [6, 6.07) is 12.8. The predicted octanol–water partition coefficient (Wildman–Crippen LogP) is 5.83. The van der Waals surface area contributed by atoms with Crippen LogP contribution in [0.2, 0.25) is 0 Å². The van der Waals surface area contributed by atoms with Gasteiger partial charge < -0.3 is 25.9 Å². The third-order valence-corrected chi connectivity index (χ3v) is 7.75. The summed E-state index contributed by atoms with van der Waals surface area (Å²) in [5.74, 6) is -0.145. The highest BCUT2D eigenvalue weighted by atomic mass is 32.1. The van der Waals surface area contributed by atoms with E-state index in [1.54, 1.807) is 11.3 Å². The summed E-state index contributed by atoms with van der Waals surface area (Å²) in [6.07, 6.45) is 8.02. The van der Waals surface area contributed by atoms with Crippen LogP contribution in [0.25, 0.3) is 6.08 Å². The molecular weight excluding hydrogens is 480 g/mol. The van der Waals surface area contributed by atoms with Gasteiger partial charge in [-0.3, -0.25) is 4.90 Å². The van der Waals surface area contributed by atoms with E-state index in [1.807, 2.05) is 18.2 Å². The number of benzene rings is 1. The molecule has 7 heteroatoms. The Bertz CT molecular complexity index is 1140. The number of allylic oxidation sites excluding steroid dienone is 5. The number of thiophene rings is 1. The van der Waals surface area contributed by atoms with E-state index < -0.39 is 0 Å². The molecule has 2 aliphatic rings. The molecule has 1 aliphatic heterocycles. The smallest absolute Gasteiger partial charge is 0.116 e. The van der Waals surface area contributed by atoms with Gasteiger partial charge in [-0.05, 0) is 61.1 Å². The Morgan fingerprint density at radius 3 is 2.84 bits per heavy atom. The van der Waals surface area contributed by atoms with E-state index in [-0.39, 0.29) is 21.0 Å². The minimum atomic E-state index is -0.145. The maximum Gasteiger partial charge on any atom is 0.116 e. The summed E-state index contributed by atoms with van der Waals surface area (Å²) in [4.78, 5) is 3.78. The van der Waals surface area contributed by atoms with Gasteiger partial charge in [-0.2, -0.15) is 0 Å². The normalized spacial score (nSPS) is 22.9. The summed E-state index contributed by atoms with van der Waals surface area (Å²) in [5, 5.41) is 14.2. The highest BCUT2D eigenvalue weighted by Gasteiger charge is 2.23. The molecule has 4 N–H and O–H groups in total. The van der Waals surface area contributed by atoms with E-state index in [4.69, 9.17) is 20.6 Å². The Balaban J connectivity index is 0.00000267. The second-order valence-electron chi connectivity index (χ2n) is 10.1. The topological polar surface area (TPSA) is 83.6 Å². The molecule has 1 fully saturated rings. The first-order chi connectivity index (χ1) is 17.9. The number of rotatable bonds is 11. The van der Waals surface area contributed by atoms with Gasteiger partial charge in [0.25, 0.3) is 0 Å². The number of morpholine rings is 1. The first kappa shape index (κ1) is 27.3. The highest BCUT2D eigenvalue weighted by Crippen LogP contribution is 2.27. The van der Waals surface area contributed by atoms with Crippen LogP contribution in [0.5, 0.6) is 0 Å². The lowest BCUT2D eigenvalue weighted by Gasteiger charge is -2.35. The molecule has 1 aromatic carbocycles. The number of nitrogens with two attached hydrogens (primary N) is 1. The Morgan fingerprint density at radius 1 is 1.27 bits per heavy atom. The van der Waals surface area contributed by atoms with Gasteiger partial charge in [0.05, 0.1) is 18.8 Å². The molecule has 1 aromatic heterocycles. The maximum atomic E-state index is 8.73. The molecule has 1 aliphatic carbocycles. The van der Waals surface area contributed by atoms with Gasteiger partial charge in [0.1, 0.15) is 6.73 Å². The summed E-state index contributed by atoms with van der Waals surface area (Å²) in [6.45, 7) is 10.3. The van der Waals surface area contributed by atoms with Crippen LogP contribution in [-0.2, 0) is 22.4 Å². The molecule has 0 radical (unpaired) electrons. The van der Waals surface area contributed by atoms with Crippen LogP contribution in [-0.4, -0.2) is 49.2 Å². The third-order valence-electron chi connectivity index (χ3n) is 6.81. The molecule has 4 rings (SSSR count). The zero-order valence-corrected chi connectivity index (χ0v) is 23.0. The number of nitrogens with one attached hydrogen (secondary N) is 2. The summed E-state index contributed by atoms with van der Waals surface area (Å²) in [5.41, 5.74) is 12.2. The molecule has 3 atom stereocenters. The van der Waals surface area contributed by atoms with Crippen LogP contribution >= 0.6 is 11.3 Å². The van der Waals surface area contributed by atoms with Crippen molar-refractivity contribution in [3.63, 3.8) is 0 Å². The molecular formula is C30H44N4O2S. The number of nitrogens with zero attached hydrogens (tertiary/aromatic N) is 1. The fourth-order valence-corrected chi connectivity index (χ4v) is 5.72. The van der Waals surface area contributed by atoms with Gasteiger partial charge in [0, 0.05) is 63.2 Å².